The van der Waals surface area contributed by atoms with Gasteiger partial charge in [0.1, 0.15) is 15.5 Å². The minimum atomic E-state index is -0.329. The maximum atomic E-state index is 13.1. The van der Waals surface area contributed by atoms with Crippen molar-refractivity contribution in [3.63, 3.8) is 0 Å². The summed E-state index contributed by atoms with van der Waals surface area (Å²) in [6.07, 6.45) is 5.30. The Morgan fingerprint density at radius 1 is 1.12 bits per heavy atom. The van der Waals surface area contributed by atoms with Crippen molar-refractivity contribution in [1.82, 2.24) is 15.0 Å². The molecule has 7 heteroatoms. The highest BCUT2D eigenvalue weighted by Gasteiger charge is 2.22. The maximum Gasteiger partial charge on any atom is 0.283 e. The van der Waals surface area contributed by atoms with Crippen LogP contribution in [0.25, 0.3) is 26.7 Å². The maximum absolute atomic E-state index is 13.1. The highest BCUT2D eigenvalue weighted by atomic mass is 32.1. The van der Waals surface area contributed by atoms with Gasteiger partial charge in [0.2, 0.25) is 0 Å². The third kappa shape index (κ3) is 3.42. The molecule has 3 heterocycles. The van der Waals surface area contributed by atoms with E-state index in [1.165, 1.54) is 17.6 Å². The summed E-state index contributed by atoms with van der Waals surface area (Å²) in [5.74, 6) is -0.225. The van der Waals surface area contributed by atoms with Crippen molar-refractivity contribution in [3.05, 3.63) is 88.7 Å². The Bertz CT molecular complexity index is 1500. The molecule has 0 saturated heterocycles. The second-order valence-electron chi connectivity index (χ2n) is 7.55. The molecule has 158 valence electrons. The van der Waals surface area contributed by atoms with Crippen molar-refractivity contribution in [1.29, 1.82) is 0 Å². The quantitative estimate of drug-likeness (QED) is 0.293. The number of hydrogen-bond donors (Lipinski definition) is 2. The number of hydrazone groups is 1. The van der Waals surface area contributed by atoms with E-state index >= 15 is 0 Å². The van der Waals surface area contributed by atoms with E-state index in [4.69, 9.17) is 0 Å². The van der Waals surface area contributed by atoms with Gasteiger partial charge in [-0.2, -0.15) is 5.10 Å². The van der Waals surface area contributed by atoms with Gasteiger partial charge in [-0.05, 0) is 54.4 Å². The van der Waals surface area contributed by atoms with Crippen LogP contribution in [0.4, 0.5) is 0 Å². The standard InChI is InChI=1S/C25H20N4O2S/c1-15-13-16(2)27-25-21(15)22(29-11-5-6-12-29)23(32-25)24(31)28-26-14-19-18-8-4-3-7-17(18)9-10-20(19)30/h3-14,30H,1-2H3,(H,28,31). The summed E-state index contributed by atoms with van der Waals surface area (Å²) in [4.78, 5) is 19.1. The smallest absolute Gasteiger partial charge is 0.283 e. The molecular formula is C25H20N4O2S. The second kappa shape index (κ2) is 7.94. The molecule has 5 aromatic rings. The number of carbonyl (C=O) groups excluding carboxylic acids is 1. The van der Waals surface area contributed by atoms with Crippen molar-refractivity contribution in [2.45, 2.75) is 13.8 Å². The Labute approximate surface area is 188 Å². The fourth-order valence-corrected chi connectivity index (χ4v) is 5.12. The van der Waals surface area contributed by atoms with Crippen LogP contribution in [0.3, 0.4) is 0 Å². The van der Waals surface area contributed by atoms with Crippen molar-refractivity contribution in [2.24, 2.45) is 5.10 Å². The van der Waals surface area contributed by atoms with Crippen LogP contribution in [0.1, 0.15) is 26.5 Å². The van der Waals surface area contributed by atoms with E-state index in [1.54, 1.807) is 6.07 Å². The number of carbonyl (C=O) groups is 1. The number of fused-ring (bicyclic) bond motifs is 2. The van der Waals surface area contributed by atoms with Gasteiger partial charge >= 0.3 is 0 Å². The molecule has 0 bridgehead atoms. The van der Waals surface area contributed by atoms with Crippen molar-refractivity contribution in [3.8, 4) is 11.4 Å². The summed E-state index contributed by atoms with van der Waals surface area (Å²) < 4.78 is 1.93. The third-order valence-corrected chi connectivity index (χ3v) is 6.41. The third-order valence-electron chi connectivity index (χ3n) is 5.34. The average Bonchev–Trinajstić information content (AvgIpc) is 3.43. The predicted molar refractivity (Wildman–Crippen MR) is 129 cm³/mol. The van der Waals surface area contributed by atoms with E-state index in [1.807, 2.05) is 79.3 Å². The predicted octanol–water partition coefficient (Wildman–Crippen LogP) is 5.33. The Kier molecular flexibility index (Phi) is 4.95. The van der Waals surface area contributed by atoms with Gasteiger partial charge in [0.25, 0.3) is 5.91 Å². The monoisotopic (exact) mass is 440 g/mol. The zero-order chi connectivity index (χ0) is 22.2. The summed E-state index contributed by atoms with van der Waals surface area (Å²) in [6, 6.07) is 17.0. The fraction of sp³-hybridized carbons (Fsp3) is 0.0800. The number of amides is 1. The van der Waals surface area contributed by atoms with Gasteiger partial charge in [-0.1, -0.05) is 30.3 Å². The highest BCUT2D eigenvalue weighted by Crippen LogP contribution is 2.36. The summed E-state index contributed by atoms with van der Waals surface area (Å²) in [5.41, 5.74) is 5.95. The molecule has 2 aromatic carbocycles. The number of pyridine rings is 1. The van der Waals surface area contributed by atoms with E-state index in [9.17, 15) is 9.90 Å². The minimum absolute atomic E-state index is 0.104. The van der Waals surface area contributed by atoms with Crippen LogP contribution >= 0.6 is 11.3 Å². The number of thiophene rings is 1. The van der Waals surface area contributed by atoms with Gasteiger partial charge in [-0.15, -0.1) is 11.3 Å². The molecule has 32 heavy (non-hydrogen) atoms. The summed E-state index contributed by atoms with van der Waals surface area (Å²) in [5, 5.41) is 17.2. The zero-order valence-corrected chi connectivity index (χ0v) is 18.4. The van der Waals surface area contributed by atoms with Crippen LogP contribution in [0.5, 0.6) is 5.75 Å². The number of aryl methyl sites for hydroxylation is 2. The fourth-order valence-electron chi connectivity index (χ4n) is 3.93. The normalized spacial score (nSPS) is 11.6. The first-order valence-electron chi connectivity index (χ1n) is 10.1. The lowest BCUT2D eigenvalue weighted by atomic mass is 10.0. The highest BCUT2D eigenvalue weighted by molar-refractivity contribution is 7.21. The lowest BCUT2D eigenvalue weighted by Crippen LogP contribution is -2.18. The van der Waals surface area contributed by atoms with Crippen LogP contribution in [0.15, 0.2) is 72.1 Å². The number of rotatable bonds is 4. The molecule has 0 saturated carbocycles. The molecule has 0 aliphatic heterocycles. The topological polar surface area (TPSA) is 79.5 Å². The van der Waals surface area contributed by atoms with Crippen LogP contribution in [0, 0.1) is 13.8 Å². The number of aromatic hydroxyl groups is 1. The number of nitrogens with zero attached hydrogens (tertiary/aromatic N) is 3. The molecule has 0 aliphatic rings. The van der Waals surface area contributed by atoms with Gasteiger partial charge in [-0.3, -0.25) is 4.79 Å². The van der Waals surface area contributed by atoms with Crippen LogP contribution in [-0.2, 0) is 0 Å². The largest absolute Gasteiger partial charge is 0.507 e. The van der Waals surface area contributed by atoms with E-state index < -0.39 is 0 Å². The zero-order valence-electron chi connectivity index (χ0n) is 17.5. The summed E-state index contributed by atoms with van der Waals surface area (Å²) in [6.45, 7) is 3.97. The number of hydrogen-bond acceptors (Lipinski definition) is 5. The lowest BCUT2D eigenvalue weighted by Gasteiger charge is -2.07. The molecule has 3 aromatic heterocycles. The summed E-state index contributed by atoms with van der Waals surface area (Å²) in [7, 11) is 0. The van der Waals surface area contributed by atoms with Crippen molar-refractivity contribution >= 4 is 44.4 Å². The Morgan fingerprint density at radius 2 is 1.91 bits per heavy atom. The van der Waals surface area contributed by atoms with Gasteiger partial charge in [0, 0.05) is 29.0 Å². The van der Waals surface area contributed by atoms with E-state index in [-0.39, 0.29) is 11.7 Å². The summed E-state index contributed by atoms with van der Waals surface area (Å²) >= 11 is 1.34. The van der Waals surface area contributed by atoms with Gasteiger partial charge in [0.15, 0.2) is 0 Å². The molecule has 6 nitrogen and oxygen atoms in total. The molecule has 0 aliphatic carbocycles. The molecule has 0 spiro atoms. The average molecular weight is 441 g/mol. The molecular weight excluding hydrogens is 420 g/mol. The van der Waals surface area contributed by atoms with E-state index in [2.05, 4.69) is 15.5 Å². The first-order valence-corrected chi connectivity index (χ1v) is 10.9. The minimum Gasteiger partial charge on any atom is -0.507 e. The molecule has 0 radical (unpaired) electrons. The first kappa shape index (κ1) is 20.0. The number of phenols is 1. The van der Waals surface area contributed by atoms with Gasteiger partial charge in [0.05, 0.1) is 11.9 Å². The van der Waals surface area contributed by atoms with E-state index in [0.29, 0.717) is 10.4 Å². The van der Waals surface area contributed by atoms with Crippen molar-refractivity contribution < 1.29 is 9.90 Å². The molecule has 0 atom stereocenters. The molecule has 0 unspecified atom stereocenters. The lowest BCUT2D eigenvalue weighted by molar-refractivity contribution is 0.0959. The van der Waals surface area contributed by atoms with Crippen LogP contribution in [0.2, 0.25) is 0 Å². The van der Waals surface area contributed by atoms with Gasteiger partial charge < -0.3 is 9.67 Å². The van der Waals surface area contributed by atoms with Crippen LogP contribution in [-0.4, -0.2) is 26.8 Å². The number of nitrogens with one attached hydrogen (secondary N) is 1. The molecule has 0 fully saturated rings. The number of phenolic OH excluding ortho intramolecular Hbond substituents is 1. The molecule has 1 amide bonds. The Morgan fingerprint density at radius 3 is 2.72 bits per heavy atom. The SMILES string of the molecule is Cc1cc(C)c2c(-n3cccc3)c(C(=O)NN=Cc3c(O)ccc4ccccc34)sc2n1. The molecule has 2 N–H and O–H groups in total. The first-order chi connectivity index (χ1) is 15.5. The van der Waals surface area contributed by atoms with Crippen LogP contribution < -0.4 is 5.43 Å². The second-order valence-corrected chi connectivity index (χ2v) is 8.55. The van der Waals surface area contributed by atoms with E-state index in [0.717, 1.165) is 37.9 Å². The Balaban J connectivity index is 1.53. The number of benzene rings is 2. The Hall–Kier alpha value is -3.97. The van der Waals surface area contributed by atoms with Crippen molar-refractivity contribution in [2.75, 3.05) is 0 Å². The number of aromatic nitrogens is 2. The molecule has 5 rings (SSSR count). The van der Waals surface area contributed by atoms with Gasteiger partial charge in [-0.25, -0.2) is 10.4 Å².